The molecule has 4 nitrogen and oxygen atoms in total. The molecule has 0 amide bonds. The van der Waals surface area contributed by atoms with E-state index in [2.05, 4.69) is 20.8 Å². The molecule has 0 aliphatic heterocycles. The van der Waals surface area contributed by atoms with Crippen molar-refractivity contribution >= 4 is 17.5 Å². The highest BCUT2D eigenvalue weighted by atomic mass is 16.5. The number of carbonyl (C=O) groups excluding carboxylic acids is 3. The van der Waals surface area contributed by atoms with Gasteiger partial charge in [0, 0.05) is 24.7 Å². The number of carbonyl (C=O) groups is 3. The quantitative estimate of drug-likeness (QED) is 0.630. The molecule has 0 unspecified atom stereocenters. The van der Waals surface area contributed by atoms with Crippen LogP contribution in [0.5, 0.6) is 0 Å². The zero-order chi connectivity index (χ0) is 21.0. The highest BCUT2D eigenvalue weighted by molar-refractivity contribution is 5.97. The molecule has 0 spiro atoms. The van der Waals surface area contributed by atoms with Gasteiger partial charge in [-0.3, -0.25) is 14.4 Å². The number of hydrogen-bond donors (Lipinski definition) is 0. The third-order valence-electron chi connectivity index (χ3n) is 9.53. The maximum atomic E-state index is 13.6. The van der Waals surface area contributed by atoms with E-state index in [1.165, 1.54) is 12.7 Å². The smallest absolute Gasteiger partial charge is 0.305 e. The van der Waals surface area contributed by atoms with Crippen LogP contribution in [0, 0.1) is 40.4 Å². The Hall–Kier alpha value is -1.45. The minimum atomic E-state index is -0.308. The van der Waals surface area contributed by atoms with Crippen molar-refractivity contribution in [3.8, 4) is 0 Å². The maximum absolute atomic E-state index is 13.6. The molecule has 3 saturated carbocycles. The van der Waals surface area contributed by atoms with Gasteiger partial charge in [0.2, 0.25) is 0 Å². The Bertz CT molecular complexity index is 752. The summed E-state index contributed by atoms with van der Waals surface area (Å²) in [5.41, 5.74) is 1.09. The lowest BCUT2D eigenvalue weighted by molar-refractivity contribution is -0.141. The lowest BCUT2D eigenvalue weighted by Gasteiger charge is -2.55. The Morgan fingerprint density at radius 2 is 1.97 bits per heavy atom. The lowest BCUT2D eigenvalue weighted by Crippen LogP contribution is -2.51. The van der Waals surface area contributed by atoms with Gasteiger partial charge >= 0.3 is 5.97 Å². The number of methoxy groups -OCH3 is 1. The number of Topliss-reactive ketones (excluding diaryl/α,β-unsaturated/α-hetero) is 1. The fourth-order valence-electron chi connectivity index (χ4n) is 7.70. The van der Waals surface area contributed by atoms with Gasteiger partial charge in [-0.15, -0.1) is 0 Å². The predicted octanol–water partition coefficient (Wildman–Crippen LogP) is 4.90. The van der Waals surface area contributed by atoms with Crippen LogP contribution in [-0.4, -0.2) is 24.6 Å². The largest absolute Gasteiger partial charge is 0.469 e. The average molecular weight is 401 g/mol. The Morgan fingerprint density at radius 1 is 1.21 bits per heavy atom. The van der Waals surface area contributed by atoms with Gasteiger partial charge in [-0.05, 0) is 79.6 Å². The number of hydrogen-bond acceptors (Lipinski definition) is 4. The van der Waals surface area contributed by atoms with E-state index in [1.807, 2.05) is 6.08 Å². The summed E-state index contributed by atoms with van der Waals surface area (Å²) >= 11 is 0. The fourth-order valence-corrected chi connectivity index (χ4v) is 7.70. The average Bonchev–Trinajstić information content (AvgIpc) is 3.06. The summed E-state index contributed by atoms with van der Waals surface area (Å²) in [7, 11) is 1.44. The number of rotatable bonds is 4. The van der Waals surface area contributed by atoms with Crippen LogP contribution >= 0.6 is 0 Å². The molecule has 160 valence electrons. The van der Waals surface area contributed by atoms with Crippen LogP contribution in [0.4, 0.5) is 0 Å². The molecule has 7 atom stereocenters. The van der Waals surface area contributed by atoms with Crippen molar-refractivity contribution in [2.45, 2.75) is 78.6 Å². The number of allylic oxidation sites excluding steroid dienone is 2. The van der Waals surface area contributed by atoms with Crippen LogP contribution in [0.2, 0.25) is 0 Å². The summed E-state index contributed by atoms with van der Waals surface area (Å²) < 4.78 is 4.82. The van der Waals surface area contributed by atoms with Gasteiger partial charge in [0.05, 0.1) is 7.11 Å². The Morgan fingerprint density at radius 3 is 2.69 bits per heavy atom. The van der Waals surface area contributed by atoms with E-state index in [-0.39, 0.29) is 16.8 Å². The van der Waals surface area contributed by atoms with Crippen LogP contribution < -0.4 is 0 Å². The molecule has 0 heterocycles. The second-order valence-corrected chi connectivity index (χ2v) is 10.7. The van der Waals surface area contributed by atoms with Crippen LogP contribution in [0.25, 0.3) is 0 Å². The third-order valence-corrected chi connectivity index (χ3v) is 9.53. The van der Waals surface area contributed by atoms with Crippen molar-refractivity contribution in [3.63, 3.8) is 0 Å². The van der Waals surface area contributed by atoms with E-state index < -0.39 is 0 Å². The molecule has 0 radical (unpaired) electrons. The molecule has 0 aromatic carbocycles. The molecule has 0 N–H and O–H groups in total. The highest BCUT2D eigenvalue weighted by Gasteiger charge is 2.61. The van der Waals surface area contributed by atoms with Gasteiger partial charge < -0.3 is 4.74 Å². The van der Waals surface area contributed by atoms with Gasteiger partial charge in [-0.2, -0.15) is 0 Å². The van der Waals surface area contributed by atoms with Crippen LogP contribution in [0.15, 0.2) is 11.6 Å². The van der Waals surface area contributed by atoms with Crippen molar-refractivity contribution < 1.29 is 19.1 Å². The molecule has 0 aromatic rings. The summed E-state index contributed by atoms with van der Waals surface area (Å²) in [6.07, 6.45) is 9.94. The maximum Gasteiger partial charge on any atom is 0.305 e. The molecular formula is C25H36O4. The van der Waals surface area contributed by atoms with Crippen molar-refractivity contribution in [1.29, 1.82) is 0 Å². The summed E-state index contributed by atoms with van der Waals surface area (Å²) in [6, 6.07) is 0. The fraction of sp³-hybridized carbons (Fsp3) is 0.800. The normalized spacial score (nSPS) is 42.4. The number of esters is 1. The molecule has 4 rings (SSSR count). The topological polar surface area (TPSA) is 60.4 Å². The van der Waals surface area contributed by atoms with E-state index in [0.29, 0.717) is 60.4 Å². The van der Waals surface area contributed by atoms with E-state index in [9.17, 15) is 14.4 Å². The zero-order valence-electron chi connectivity index (χ0n) is 18.5. The second kappa shape index (κ2) is 7.35. The molecule has 29 heavy (non-hydrogen) atoms. The lowest BCUT2D eigenvalue weighted by atomic mass is 9.48. The van der Waals surface area contributed by atoms with Crippen LogP contribution in [0.1, 0.15) is 78.6 Å². The van der Waals surface area contributed by atoms with Crippen molar-refractivity contribution in [3.05, 3.63) is 11.6 Å². The van der Waals surface area contributed by atoms with E-state index >= 15 is 0 Å². The molecule has 4 heteroatoms. The van der Waals surface area contributed by atoms with Gasteiger partial charge in [0.1, 0.15) is 5.78 Å². The Kier molecular flexibility index (Phi) is 5.28. The number of ether oxygens (including phenoxy) is 1. The molecule has 3 fully saturated rings. The van der Waals surface area contributed by atoms with Gasteiger partial charge in [-0.25, -0.2) is 0 Å². The van der Waals surface area contributed by atoms with Crippen molar-refractivity contribution in [1.82, 2.24) is 0 Å². The summed E-state index contributed by atoms with van der Waals surface area (Å²) in [5.74, 6) is 2.54. The number of fused-ring (bicyclic) bond motifs is 5. The van der Waals surface area contributed by atoms with Crippen molar-refractivity contribution in [2.24, 2.45) is 40.4 Å². The van der Waals surface area contributed by atoms with Crippen LogP contribution in [0.3, 0.4) is 0 Å². The second-order valence-electron chi connectivity index (χ2n) is 10.7. The summed E-state index contributed by atoms with van der Waals surface area (Å²) in [5, 5.41) is 0. The standard InChI is InChI=1S/C25H36O4/c1-15(5-10-23(28)29-4)19-8-9-20-18-7-6-16-13-17(26)11-12-24(16,2)21(18)14-22(27)25(19,20)3/h14-16,18-20H,5-13H2,1-4H3/t15-,16+,18-,19-,20+,24-,25-/m0/s1. The zero-order valence-corrected chi connectivity index (χ0v) is 18.5. The molecule has 0 saturated heterocycles. The summed E-state index contributed by atoms with van der Waals surface area (Å²) in [4.78, 5) is 37.3. The first kappa shape index (κ1) is 20.8. The minimum absolute atomic E-state index is 0.0302. The van der Waals surface area contributed by atoms with E-state index in [0.717, 1.165) is 38.5 Å². The third kappa shape index (κ3) is 3.13. The van der Waals surface area contributed by atoms with Crippen LogP contribution in [-0.2, 0) is 19.1 Å². The van der Waals surface area contributed by atoms with Gasteiger partial charge in [-0.1, -0.05) is 26.3 Å². The van der Waals surface area contributed by atoms with Crippen molar-refractivity contribution in [2.75, 3.05) is 7.11 Å². The first-order chi connectivity index (χ1) is 13.7. The van der Waals surface area contributed by atoms with Gasteiger partial charge in [0.25, 0.3) is 0 Å². The number of ketones is 2. The molecule has 4 aliphatic carbocycles. The molecule has 0 aromatic heterocycles. The SMILES string of the molecule is COC(=O)CC[C@H](C)[C@@H]1CC[C@@H]2[C@@H]3CC[C@@H]4CC(=O)CC[C@]4(C)C3=CC(=O)[C@]21C. The Balaban J connectivity index is 1.61. The Labute approximate surface area is 174 Å². The molecule has 0 bridgehead atoms. The summed E-state index contributed by atoms with van der Waals surface area (Å²) in [6.45, 7) is 6.74. The molecular weight excluding hydrogens is 364 g/mol. The minimum Gasteiger partial charge on any atom is -0.469 e. The van der Waals surface area contributed by atoms with E-state index in [1.54, 1.807) is 0 Å². The molecule has 4 aliphatic rings. The first-order valence-electron chi connectivity index (χ1n) is 11.6. The highest BCUT2D eigenvalue weighted by Crippen LogP contribution is 2.65. The predicted molar refractivity (Wildman–Crippen MR) is 111 cm³/mol. The van der Waals surface area contributed by atoms with Gasteiger partial charge in [0.15, 0.2) is 5.78 Å². The monoisotopic (exact) mass is 400 g/mol. The van der Waals surface area contributed by atoms with E-state index in [4.69, 9.17) is 4.74 Å². The first-order valence-corrected chi connectivity index (χ1v) is 11.6.